The fraction of sp³-hybridized carbons (Fsp3) is 0.750. The monoisotopic (exact) mass is 330 g/mol. The third kappa shape index (κ3) is 4.28. The number of hydrogen-bond donors (Lipinski definition) is 1. The minimum Gasteiger partial charge on any atom is -0.348 e. The standard InChI is InChI=1S/C20H34N4/c1-3-6-17-7-5-8-19(18(16-17)20-21-9-10-22-20)24-14-12-23(11-4-2)13-15-24/h4,9-10,17-19H,2-3,5-8,11-16H2,1H3,(H,21,22). The molecule has 0 radical (unpaired) electrons. The van der Waals surface area contributed by atoms with Gasteiger partial charge in [-0.2, -0.15) is 0 Å². The molecule has 2 fully saturated rings. The second kappa shape index (κ2) is 8.82. The number of aromatic nitrogens is 2. The molecule has 2 aliphatic rings. The zero-order chi connectivity index (χ0) is 16.8. The van der Waals surface area contributed by atoms with Crippen LogP contribution in [0.1, 0.15) is 57.2 Å². The van der Waals surface area contributed by atoms with E-state index in [4.69, 9.17) is 0 Å². The Kier molecular flexibility index (Phi) is 6.50. The number of hydrogen-bond acceptors (Lipinski definition) is 3. The van der Waals surface area contributed by atoms with Crippen molar-refractivity contribution in [3.8, 4) is 0 Å². The third-order valence-electron chi connectivity index (χ3n) is 5.99. The van der Waals surface area contributed by atoms with Gasteiger partial charge in [-0.1, -0.05) is 38.7 Å². The number of imidazole rings is 1. The van der Waals surface area contributed by atoms with Crippen molar-refractivity contribution in [3.05, 3.63) is 30.9 Å². The third-order valence-corrected chi connectivity index (χ3v) is 5.99. The number of rotatable bonds is 6. The lowest BCUT2D eigenvalue weighted by molar-refractivity contribution is 0.0838. The molecule has 0 spiro atoms. The molecule has 0 amide bonds. The predicted molar refractivity (Wildman–Crippen MR) is 100 cm³/mol. The molecule has 3 atom stereocenters. The van der Waals surface area contributed by atoms with E-state index in [1.165, 1.54) is 70.5 Å². The Bertz CT molecular complexity index is 476. The molecule has 2 heterocycles. The highest BCUT2D eigenvalue weighted by Gasteiger charge is 2.35. The van der Waals surface area contributed by atoms with Crippen LogP contribution < -0.4 is 0 Å². The van der Waals surface area contributed by atoms with Crippen LogP contribution >= 0.6 is 0 Å². The molecule has 3 rings (SSSR count). The van der Waals surface area contributed by atoms with Gasteiger partial charge in [0, 0.05) is 57.1 Å². The van der Waals surface area contributed by atoms with E-state index >= 15 is 0 Å². The van der Waals surface area contributed by atoms with Gasteiger partial charge in [0.2, 0.25) is 0 Å². The summed E-state index contributed by atoms with van der Waals surface area (Å²) in [5.74, 6) is 2.67. The molecule has 24 heavy (non-hydrogen) atoms. The molecule has 0 bridgehead atoms. The first-order chi connectivity index (χ1) is 11.8. The maximum absolute atomic E-state index is 4.66. The zero-order valence-corrected chi connectivity index (χ0v) is 15.3. The summed E-state index contributed by atoms with van der Waals surface area (Å²) in [7, 11) is 0. The molecule has 4 heteroatoms. The van der Waals surface area contributed by atoms with Crippen molar-refractivity contribution in [2.24, 2.45) is 5.92 Å². The SMILES string of the molecule is C=CCN1CCN(C2CCCC(CCC)CC2c2ncc[nH]2)CC1. The van der Waals surface area contributed by atoms with Crippen molar-refractivity contribution in [1.82, 2.24) is 19.8 Å². The van der Waals surface area contributed by atoms with Gasteiger partial charge in [0.15, 0.2) is 0 Å². The number of aromatic amines is 1. The molecule has 134 valence electrons. The summed E-state index contributed by atoms with van der Waals surface area (Å²) >= 11 is 0. The van der Waals surface area contributed by atoms with E-state index in [0.717, 1.165) is 12.5 Å². The van der Waals surface area contributed by atoms with Gasteiger partial charge in [-0.15, -0.1) is 6.58 Å². The molecule has 1 saturated heterocycles. The van der Waals surface area contributed by atoms with E-state index < -0.39 is 0 Å². The van der Waals surface area contributed by atoms with Crippen LogP contribution in [-0.4, -0.2) is 58.5 Å². The van der Waals surface area contributed by atoms with Gasteiger partial charge < -0.3 is 4.98 Å². The Morgan fingerprint density at radius 3 is 2.79 bits per heavy atom. The van der Waals surface area contributed by atoms with E-state index in [-0.39, 0.29) is 0 Å². The minimum absolute atomic E-state index is 0.574. The van der Waals surface area contributed by atoms with Crippen LogP contribution in [0.15, 0.2) is 25.0 Å². The van der Waals surface area contributed by atoms with Crippen LogP contribution in [0.4, 0.5) is 0 Å². The Morgan fingerprint density at radius 1 is 1.29 bits per heavy atom. The van der Waals surface area contributed by atoms with E-state index in [0.29, 0.717) is 12.0 Å². The van der Waals surface area contributed by atoms with Crippen LogP contribution in [0.25, 0.3) is 0 Å². The molecular weight excluding hydrogens is 296 g/mol. The molecule has 1 aliphatic carbocycles. The maximum atomic E-state index is 4.66. The molecule has 1 N–H and O–H groups in total. The number of nitrogens with one attached hydrogen (secondary N) is 1. The van der Waals surface area contributed by atoms with Crippen molar-refractivity contribution in [2.45, 2.75) is 57.4 Å². The van der Waals surface area contributed by atoms with Gasteiger partial charge in [-0.25, -0.2) is 4.98 Å². The van der Waals surface area contributed by atoms with Gasteiger partial charge >= 0.3 is 0 Å². The molecule has 1 saturated carbocycles. The molecule has 3 unspecified atom stereocenters. The van der Waals surface area contributed by atoms with Gasteiger partial charge in [0.25, 0.3) is 0 Å². The molecule has 1 aromatic heterocycles. The summed E-state index contributed by atoms with van der Waals surface area (Å²) in [4.78, 5) is 13.4. The fourth-order valence-electron chi connectivity index (χ4n) is 4.79. The summed E-state index contributed by atoms with van der Waals surface area (Å²) in [6.07, 6.45) is 14.0. The summed E-state index contributed by atoms with van der Waals surface area (Å²) in [6.45, 7) is 12.0. The highest BCUT2D eigenvalue weighted by atomic mass is 15.3. The van der Waals surface area contributed by atoms with Gasteiger partial charge in [0.05, 0.1) is 0 Å². The lowest BCUT2D eigenvalue weighted by Gasteiger charge is -2.41. The Hall–Kier alpha value is -1.13. The van der Waals surface area contributed by atoms with E-state index in [1.807, 2.05) is 18.5 Å². The first-order valence-electron chi connectivity index (χ1n) is 9.88. The summed E-state index contributed by atoms with van der Waals surface area (Å²) < 4.78 is 0. The normalized spacial score (nSPS) is 30.1. The average molecular weight is 331 g/mol. The minimum atomic E-state index is 0.574. The quantitative estimate of drug-likeness (QED) is 0.639. The second-order valence-corrected chi connectivity index (χ2v) is 7.59. The average Bonchev–Trinajstić information content (AvgIpc) is 3.05. The van der Waals surface area contributed by atoms with Crippen LogP contribution in [0.2, 0.25) is 0 Å². The Labute approximate surface area is 147 Å². The van der Waals surface area contributed by atoms with E-state index in [9.17, 15) is 0 Å². The van der Waals surface area contributed by atoms with Crippen LogP contribution in [0, 0.1) is 5.92 Å². The topological polar surface area (TPSA) is 35.2 Å². The molecule has 1 aliphatic heterocycles. The van der Waals surface area contributed by atoms with Crippen molar-refractivity contribution in [2.75, 3.05) is 32.7 Å². The molecule has 4 nitrogen and oxygen atoms in total. The Morgan fingerprint density at radius 2 is 2.12 bits per heavy atom. The smallest absolute Gasteiger partial charge is 0.110 e. The number of H-pyrrole nitrogens is 1. The summed E-state index contributed by atoms with van der Waals surface area (Å²) in [5, 5.41) is 0. The predicted octanol–water partition coefficient (Wildman–Crippen LogP) is 3.66. The first-order valence-corrected chi connectivity index (χ1v) is 9.88. The number of piperazine rings is 1. The maximum Gasteiger partial charge on any atom is 0.110 e. The van der Waals surface area contributed by atoms with E-state index in [1.54, 1.807) is 0 Å². The zero-order valence-electron chi connectivity index (χ0n) is 15.3. The molecular formula is C20H34N4. The number of nitrogens with zero attached hydrogens (tertiary/aromatic N) is 3. The summed E-state index contributed by atoms with van der Waals surface area (Å²) in [6, 6.07) is 0.656. The van der Waals surface area contributed by atoms with Crippen molar-refractivity contribution in [1.29, 1.82) is 0 Å². The molecule has 1 aromatic rings. The van der Waals surface area contributed by atoms with Gasteiger partial charge in [-0.05, 0) is 18.8 Å². The Balaban J connectivity index is 1.70. The van der Waals surface area contributed by atoms with Crippen LogP contribution in [0.3, 0.4) is 0 Å². The summed E-state index contributed by atoms with van der Waals surface area (Å²) in [5.41, 5.74) is 0. The highest BCUT2D eigenvalue weighted by molar-refractivity contribution is 5.05. The van der Waals surface area contributed by atoms with E-state index in [2.05, 4.69) is 33.3 Å². The first kappa shape index (κ1) is 17.7. The van der Waals surface area contributed by atoms with Crippen molar-refractivity contribution in [3.63, 3.8) is 0 Å². The largest absolute Gasteiger partial charge is 0.348 e. The highest BCUT2D eigenvalue weighted by Crippen LogP contribution is 2.38. The molecule has 0 aromatic carbocycles. The van der Waals surface area contributed by atoms with Crippen LogP contribution in [0.5, 0.6) is 0 Å². The second-order valence-electron chi connectivity index (χ2n) is 7.59. The van der Waals surface area contributed by atoms with Gasteiger partial charge in [-0.3, -0.25) is 9.80 Å². The van der Waals surface area contributed by atoms with Gasteiger partial charge in [0.1, 0.15) is 5.82 Å². The van der Waals surface area contributed by atoms with Crippen molar-refractivity contribution < 1.29 is 0 Å². The van der Waals surface area contributed by atoms with Crippen LogP contribution in [-0.2, 0) is 0 Å². The lowest BCUT2D eigenvalue weighted by Crippen LogP contribution is -2.51. The fourth-order valence-corrected chi connectivity index (χ4v) is 4.79. The van der Waals surface area contributed by atoms with Crippen molar-refractivity contribution >= 4 is 0 Å². The lowest BCUT2D eigenvalue weighted by atomic mass is 9.86.